The van der Waals surface area contributed by atoms with Crippen LogP contribution in [0, 0.1) is 5.41 Å². The molecule has 1 aliphatic heterocycles. The van der Waals surface area contributed by atoms with Crippen molar-refractivity contribution in [1.29, 1.82) is 0 Å². The van der Waals surface area contributed by atoms with Crippen LogP contribution in [0.15, 0.2) is 12.1 Å². The lowest BCUT2D eigenvalue weighted by Gasteiger charge is -2.38. The highest BCUT2D eigenvalue weighted by atomic mass is 35.5. The van der Waals surface area contributed by atoms with E-state index in [2.05, 4.69) is 24.5 Å². The van der Waals surface area contributed by atoms with E-state index in [1.807, 2.05) is 0 Å². The summed E-state index contributed by atoms with van der Waals surface area (Å²) >= 11 is 11.7. The highest BCUT2D eigenvalue weighted by Crippen LogP contribution is 2.35. The standard InChI is InChI=1S/C14H18Cl2N2O2/c1-14(2)4-3-5-17-12(14)13(20)18-8-6-9(15)11(19)10(16)7-8/h6-7,12,17,19H,3-5H2,1-2H3,(H,18,20). The molecule has 2 rings (SSSR count). The summed E-state index contributed by atoms with van der Waals surface area (Å²) in [5.41, 5.74) is 0.373. The van der Waals surface area contributed by atoms with Crippen LogP contribution < -0.4 is 10.6 Å². The molecule has 3 N–H and O–H groups in total. The molecule has 1 aromatic carbocycles. The van der Waals surface area contributed by atoms with Crippen molar-refractivity contribution in [3.8, 4) is 5.75 Å². The summed E-state index contributed by atoms with van der Waals surface area (Å²) in [5.74, 6) is -0.296. The average Bonchev–Trinajstić information content (AvgIpc) is 2.35. The molecule has 4 nitrogen and oxygen atoms in total. The topological polar surface area (TPSA) is 61.4 Å². The third-order valence-corrected chi connectivity index (χ3v) is 4.25. The van der Waals surface area contributed by atoms with Gasteiger partial charge < -0.3 is 15.7 Å². The maximum Gasteiger partial charge on any atom is 0.242 e. The molecule has 1 amide bonds. The van der Waals surface area contributed by atoms with E-state index in [4.69, 9.17) is 23.2 Å². The Hall–Kier alpha value is -0.970. The molecule has 0 saturated carbocycles. The number of phenols is 1. The first-order chi connectivity index (χ1) is 9.31. The van der Waals surface area contributed by atoms with Gasteiger partial charge in [0.05, 0.1) is 16.1 Å². The highest BCUT2D eigenvalue weighted by Gasteiger charge is 2.37. The van der Waals surface area contributed by atoms with Gasteiger partial charge in [0.1, 0.15) is 0 Å². The molecule has 1 heterocycles. The van der Waals surface area contributed by atoms with E-state index in [1.165, 1.54) is 12.1 Å². The SMILES string of the molecule is CC1(C)CCCNC1C(=O)Nc1cc(Cl)c(O)c(Cl)c1. The van der Waals surface area contributed by atoms with Crippen molar-refractivity contribution in [3.63, 3.8) is 0 Å². The number of hydrogen-bond acceptors (Lipinski definition) is 3. The third-order valence-electron chi connectivity index (χ3n) is 3.67. The van der Waals surface area contributed by atoms with E-state index in [-0.39, 0.29) is 33.2 Å². The Kier molecular flexibility index (Phi) is 4.47. The molecule has 20 heavy (non-hydrogen) atoms. The van der Waals surface area contributed by atoms with Gasteiger partial charge >= 0.3 is 0 Å². The summed E-state index contributed by atoms with van der Waals surface area (Å²) in [7, 11) is 0. The molecule has 1 aromatic rings. The molecule has 0 aromatic heterocycles. The van der Waals surface area contributed by atoms with E-state index in [1.54, 1.807) is 0 Å². The van der Waals surface area contributed by atoms with Gasteiger partial charge in [-0.25, -0.2) is 0 Å². The molecule has 0 bridgehead atoms. The third kappa shape index (κ3) is 3.19. The smallest absolute Gasteiger partial charge is 0.242 e. The lowest BCUT2D eigenvalue weighted by molar-refractivity contribution is -0.121. The molecule has 1 atom stereocenters. The van der Waals surface area contributed by atoms with Crippen molar-refractivity contribution >= 4 is 34.8 Å². The Morgan fingerprint density at radius 1 is 1.40 bits per heavy atom. The van der Waals surface area contributed by atoms with Gasteiger partial charge in [-0.2, -0.15) is 0 Å². The van der Waals surface area contributed by atoms with Gasteiger partial charge in [-0.05, 0) is 36.9 Å². The maximum atomic E-state index is 12.4. The largest absolute Gasteiger partial charge is 0.505 e. The quantitative estimate of drug-likeness (QED) is 0.733. The fourth-order valence-electron chi connectivity index (χ4n) is 2.51. The summed E-state index contributed by atoms with van der Waals surface area (Å²) in [5, 5.41) is 15.8. The van der Waals surface area contributed by atoms with Crippen LogP contribution in [0.2, 0.25) is 10.0 Å². The summed E-state index contributed by atoms with van der Waals surface area (Å²) < 4.78 is 0. The number of aromatic hydroxyl groups is 1. The van der Waals surface area contributed by atoms with Gasteiger partial charge in [-0.3, -0.25) is 4.79 Å². The molecule has 110 valence electrons. The van der Waals surface area contributed by atoms with E-state index >= 15 is 0 Å². The monoisotopic (exact) mass is 316 g/mol. The molecule has 0 aliphatic carbocycles. The Bertz CT molecular complexity index is 509. The fraction of sp³-hybridized carbons (Fsp3) is 0.500. The molecule has 0 radical (unpaired) electrons. The molecule has 1 aliphatic rings. The van der Waals surface area contributed by atoms with Gasteiger partial charge in [0.2, 0.25) is 5.91 Å². The van der Waals surface area contributed by atoms with Crippen molar-refractivity contribution in [2.75, 3.05) is 11.9 Å². The molecular weight excluding hydrogens is 299 g/mol. The summed E-state index contributed by atoms with van der Waals surface area (Å²) in [6.45, 7) is 4.97. The van der Waals surface area contributed by atoms with Crippen LogP contribution in [0.25, 0.3) is 0 Å². The zero-order valence-electron chi connectivity index (χ0n) is 11.5. The van der Waals surface area contributed by atoms with Gasteiger partial charge in [-0.1, -0.05) is 37.0 Å². The Morgan fingerprint density at radius 2 is 2.00 bits per heavy atom. The van der Waals surface area contributed by atoms with E-state index in [0.29, 0.717) is 5.69 Å². The first-order valence-corrected chi connectivity index (χ1v) is 7.29. The number of phenolic OH excluding ortho intramolecular Hbond substituents is 1. The highest BCUT2D eigenvalue weighted by molar-refractivity contribution is 6.37. The lowest BCUT2D eigenvalue weighted by Crippen LogP contribution is -2.53. The molecular formula is C14H18Cl2N2O2. The number of amides is 1. The van der Waals surface area contributed by atoms with E-state index in [0.717, 1.165) is 19.4 Å². The normalized spacial score (nSPS) is 21.5. The minimum atomic E-state index is -0.261. The first-order valence-electron chi connectivity index (χ1n) is 6.53. The number of nitrogens with one attached hydrogen (secondary N) is 2. The number of piperidine rings is 1. The van der Waals surface area contributed by atoms with Crippen LogP contribution in [0.4, 0.5) is 5.69 Å². The second-order valence-electron chi connectivity index (χ2n) is 5.76. The van der Waals surface area contributed by atoms with Crippen LogP contribution >= 0.6 is 23.2 Å². The molecule has 0 spiro atoms. The zero-order valence-corrected chi connectivity index (χ0v) is 13.0. The number of benzene rings is 1. The zero-order chi connectivity index (χ0) is 14.9. The second-order valence-corrected chi connectivity index (χ2v) is 6.57. The Morgan fingerprint density at radius 3 is 2.55 bits per heavy atom. The van der Waals surface area contributed by atoms with Gasteiger partial charge in [-0.15, -0.1) is 0 Å². The summed E-state index contributed by atoms with van der Waals surface area (Å²) in [4.78, 5) is 12.4. The summed E-state index contributed by atoms with van der Waals surface area (Å²) in [6, 6.07) is 2.70. The molecule has 1 saturated heterocycles. The van der Waals surface area contributed by atoms with Gasteiger partial charge in [0.15, 0.2) is 5.75 Å². The maximum absolute atomic E-state index is 12.4. The number of halogens is 2. The number of hydrogen-bond donors (Lipinski definition) is 3. The lowest BCUT2D eigenvalue weighted by atomic mass is 9.77. The number of anilines is 1. The van der Waals surface area contributed by atoms with Crippen LogP contribution in [0.3, 0.4) is 0 Å². The van der Waals surface area contributed by atoms with Crippen molar-refractivity contribution in [1.82, 2.24) is 5.32 Å². The Balaban J connectivity index is 2.15. The van der Waals surface area contributed by atoms with Crippen LogP contribution in [0.5, 0.6) is 5.75 Å². The molecule has 6 heteroatoms. The van der Waals surface area contributed by atoms with Crippen molar-refractivity contribution < 1.29 is 9.90 Å². The first kappa shape index (κ1) is 15.4. The molecule has 1 unspecified atom stereocenters. The fourth-order valence-corrected chi connectivity index (χ4v) is 3.00. The van der Waals surface area contributed by atoms with Crippen LogP contribution in [-0.4, -0.2) is 23.6 Å². The van der Waals surface area contributed by atoms with E-state index < -0.39 is 0 Å². The Labute approximate surface area is 128 Å². The minimum Gasteiger partial charge on any atom is -0.505 e. The predicted octanol–water partition coefficient (Wildman–Crippen LogP) is 3.42. The number of carbonyl (C=O) groups is 1. The average molecular weight is 317 g/mol. The van der Waals surface area contributed by atoms with Gasteiger partial charge in [0, 0.05) is 5.69 Å². The molecule has 1 fully saturated rings. The minimum absolute atomic E-state index is 0.104. The second kappa shape index (κ2) is 5.80. The van der Waals surface area contributed by atoms with Crippen LogP contribution in [0.1, 0.15) is 26.7 Å². The van der Waals surface area contributed by atoms with E-state index in [9.17, 15) is 9.90 Å². The van der Waals surface area contributed by atoms with Gasteiger partial charge in [0.25, 0.3) is 0 Å². The predicted molar refractivity (Wildman–Crippen MR) is 81.6 cm³/mol. The van der Waals surface area contributed by atoms with Crippen molar-refractivity contribution in [2.24, 2.45) is 5.41 Å². The van der Waals surface area contributed by atoms with Crippen molar-refractivity contribution in [3.05, 3.63) is 22.2 Å². The van der Waals surface area contributed by atoms with Crippen molar-refractivity contribution in [2.45, 2.75) is 32.7 Å². The summed E-state index contributed by atoms with van der Waals surface area (Å²) in [6.07, 6.45) is 2.06. The van der Waals surface area contributed by atoms with Crippen LogP contribution in [-0.2, 0) is 4.79 Å². The number of rotatable bonds is 2. The number of carbonyl (C=O) groups excluding carboxylic acids is 1.